The first kappa shape index (κ1) is 20.5. The van der Waals surface area contributed by atoms with Crippen LogP contribution in [0.1, 0.15) is 18.2 Å². The first-order chi connectivity index (χ1) is 13.4. The Kier molecular flexibility index (Phi) is 6.45. The second-order valence-electron chi connectivity index (χ2n) is 5.96. The highest BCUT2D eigenvalue weighted by Gasteiger charge is 2.18. The zero-order chi connectivity index (χ0) is 20.3. The summed E-state index contributed by atoms with van der Waals surface area (Å²) in [5.41, 5.74) is 3.94. The number of hydrogen-bond acceptors (Lipinski definition) is 3. The summed E-state index contributed by atoms with van der Waals surface area (Å²) in [5.74, 6) is -0.422. The van der Waals surface area contributed by atoms with Crippen molar-refractivity contribution in [2.75, 3.05) is 6.61 Å². The van der Waals surface area contributed by atoms with E-state index in [9.17, 15) is 4.79 Å². The van der Waals surface area contributed by atoms with Crippen LogP contribution in [0.2, 0.25) is 15.1 Å². The van der Waals surface area contributed by atoms with Gasteiger partial charge in [-0.05, 0) is 50.3 Å². The molecule has 0 aliphatic heterocycles. The molecule has 3 aromatic rings. The van der Waals surface area contributed by atoms with E-state index in [1.54, 1.807) is 35.9 Å². The van der Waals surface area contributed by atoms with Crippen LogP contribution in [-0.4, -0.2) is 22.4 Å². The van der Waals surface area contributed by atoms with E-state index >= 15 is 0 Å². The minimum absolute atomic E-state index is 0.313. The average molecular weight is 436 g/mol. The Balaban J connectivity index is 2.17. The van der Waals surface area contributed by atoms with E-state index in [2.05, 4.69) is 5.10 Å². The summed E-state index contributed by atoms with van der Waals surface area (Å²) < 4.78 is 6.68. The van der Waals surface area contributed by atoms with Crippen molar-refractivity contribution in [2.24, 2.45) is 0 Å². The van der Waals surface area contributed by atoms with Crippen LogP contribution in [0.25, 0.3) is 23.0 Å². The van der Waals surface area contributed by atoms with Crippen LogP contribution in [0.3, 0.4) is 0 Å². The maximum Gasteiger partial charge on any atom is 0.330 e. The van der Waals surface area contributed by atoms with Gasteiger partial charge in [0.25, 0.3) is 0 Å². The summed E-state index contributed by atoms with van der Waals surface area (Å²) in [7, 11) is 0. The van der Waals surface area contributed by atoms with Crippen molar-refractivity contribution >= 4 is 46.8 Å². The molecule has 1 heterocycles. The molecule has 144 valence electrons. The Morgan fingerprint density at radius 3 is 2.43 bits per heavy atom. The molecule has 0 radical (unpaired) electrons. The van der Waals surface area contributed by atoms with E-state index in [4.69, 9.17) is 39.5 Å². The molecule has 0 aliphatic rings. The van der Waals surface area contributed by atoms with Crippen LogP contribution in [-0.2, 0) is 9.53 Å². The third-order valence-electron chi connectivity index (χ3n) is 4.08. The van der Waals surface area contributed by atoms with Crippen LogP contribution < -0.4 is 0 Å². The molecule has 4 nitrogen and oxygen atoms in total. The Morgan fingerprint density at radius 2 is 1.79 bits per heavy atom. The summed E-state index contributed by atoms with van der Waals surface area (Å²) in [4.78, 5) is 11.7. The van der Waals surface area contributed by atoms with Crippen molar-refractivity contribution < 1.29 is 9.53 Å². The zero-order valence-corrected chi connectivity index (χ0v) is 17.5. The lowest BCUT2D eigenvalue weighted by Crippen LogP contribution is -2.01. The molecular formula is C21H17Cl3N2O2. The van der Waals surface area contributed by atoms with Gasteiger partial charge in [-0.1, -0.05) is 46.9 Å². The Labute approximate surface area is 178 Å². The molecule has 28 heavy (non-hydrogen) atoms. The summed E-state index contributed by atoms with van der Waals surface area (Å²) >= 11 is 18.5. The van der Waals surface area contributed by atoms with Gasteiger partial charge in [-0.25, -0.2) is 9.48 Å². The topological polar surface area (TPSA) is 44.1 Å². The quantitative estimate of drug-likeness (QED) is 0.345. The summed E-state index contributed by atoms with van der Waals surface area (Å²) in [5, 5.41) is 6.30. The Morgan fingerprint density at radius 1 is 1.11 bits per heavy atom. The predicted octanol–water partition coefficient (Wildman–Crippen LogP) is 6.38. The second-order valence-corrected chi connectivity index (χ2v) is 7.24. The first-order valence-corrected chi connectivity index (χ1v) is 9.70. The van der Waals surface area contributed by atoms with Crippen molar-refractivity contribution in [3.63, 3.8) is 0 Å². The van der Waals surface area contributed by atoms with E-state index in [0.29, 0.717) is 33.1 Å². The normalized spacial score (nSPS) is 11.2. The molecule has 3 rings (SSSR count). The van der Waals surface area contributed by atoms with Crippen LogP contribution >= 0.6 is 34.8 Å². The molecule has 0 saturated heterocycles. The van der Waals surface area contributed by atoms with Crippen molar-refractivity contribution in [2.45, 2.75) is 13.8 Å². The molecule has 0 fully saturated rings. The minimum Gasteiger partial charge on any atom is -0.463 e. The van der Waals surface area contributed by atoms with Crippen LogP contribution in [0.15, 0.2) is 48.5 Å². The standard InChI is InChI=1S/C21H17Cl3N2O2/c1-3-28-20(27)11-9-18-13(2)21(14-4-6-15(22)7-5-14)26(25-18)19-10-8-16(23)12-17(19)24/h4-12H,3H2,1-2H3/b11-9+. The van der Waals surface area contributed by atoms with E-state index < -0.39 is 5.97 Å². The van der Waals surface area contributed by atoms with E-state index in [-0.39, 0.29) is 0 Å². The minimum atomic E-state index is -0.422. The fraction of sp³-hybridized carbons (Fsp3) is 0.143. The van der Waals surface area contributed by atoms with Crippen molar-refractivity contribution in [3.05, 3.63) is 74.9 Å². The van der Waals surface area contributed by atoms with Gasteiger partial charge in [0.2, 0.25) is 0 Å². The number of hydrogen-bond donors (Lipinski definition) is 0. The molecule has 2 aromatic carbocycles. The van der Waals surface area contributed by atoms with Gasteiger partial charge in [-0.15, -0.1) is 0 Å². The number of carbonyl (C=O) groups is 1. The van der Waals surface area contributed by atoms with E-state index in [1.807, 2.05) is 31.2 Å². The second kappa shape index (κ2) is 8.82. The van der Waals surface area contributed by atoms with Gasteiger partial charge in [0.15, 0.2) is 0 Å². The molecule has 0 bridgehead atoms. The number of esters is 1. The number of benzene rings is 2. The largest absolute Gasteiger partial charge is 0.463 e. The number of halogens is 3. The molecule has 0 N–H and O–H groups in total. The first-order valence-electron chi connectivity index (χ1n) is 8.56. The van der Waals surface area contributed by atoms with Gasteiger partial charge in [0, 0.05) is 27.2 Å². The lowest BCUT2D eigenvalue weighted by atomic mass is 10.1. The summed E-state index contributed by atoms with van der Waals surface area (Å²) in [6.07, 6.45) is 2.99. The molecule has 0 unspecified atom stereocenters. The maximum absolute atomic E-state index is 11.7. The highest BCUT2D eigenvalue weighted by molar-refractivity contribution is 6.35. The van der Waals surface area contributed by atoms with E-state index in [1.165, 1.54) is 6.08 Å². The number of carbonyl (C=O) groups excluding carboxylic acids is 1. The van der Waals surface area contributed by atoms with Gasteiger partial charge < -0.3 is 4.74 Å². The zero-order valence-electron chi connectivity index (χ0n) is 15.2. The van der Waals surface area contributed by atoms with Gasteiger partial charge in [-0.3, -0.25) is 0 Å². The molecule has 7 heteroatoms. The lowest BCUT2D eigenvalue weighted by Gasteiger charge is -2.11. The summed E-state index contributed by atoms with van der Waals surface area (Å²) in [6.45, 7) is 4.00. The van der Waals surface area contributed by atoms with Gasteiger partial charge >= 0.3 is 5.97 Å². The molecule has 0 saturated carbocycles. The Hall–Kier alpha value is -2.27. The fourth-order valence-corrected chi connectivity index (χ4v) is 3.40. The third-order valence-corrected chi connectivity index (χ3v) is 4.87. The van der Waals surface area contributed by atoms with Crippen molar-refractivity contribution in [3.8, 4) is 16.9 Å². The molecule has 0 spiro atoms. The molecular weight excluding hydrogens is 419 g/mol. The SMILES string of the molecule is CCOC(=O)/C=C/c1nn(-c2ccc(Cl)cc2Cl)c(-c2ccc(Cl)cc2)c1C. The molecule has 0 amide bonds. The van der Waals surface area contributed by atoms with E-state index in [0.717, 1.165) is 16.8 Å². The van der Waals surface area contributed by atoms with Crippen LogP contribution in [0.4, 0.5) is 0 Å². The van der Waals surface area contributed by atoms with Crippen LogP contribution in [0, 0.1) is 6.92 Å². The fourth-order valence-electron chi connectivity index (χ4n) is 2.78. The average Bonchev–Trinajstić information content (AvgIpc) is 2.97. The molecule has 0 atom stereocenters. The number of ether oxygens (including phenoxy) is 1. The van der Waals surface area contributed by atoms with Crippen LogP contribution in [0.5, 0.6) is 0 Å². The number of rotatable bonds is 5. The van der Waals surface area contributed by atoms with Gasteiger partial charge in [0.1, 0.15) is 0 Å². The Bertz CT molecular complexity index is 1040. The highest BCUT2D eigenvalue weighted by atomic mass is 35.5. The lowest BCUT2D eigenvalue weighted by molar-refractivity contribution is -0.137. The predicted molar refractivity (Wildman–Crippen MR) is 114 cm³/mol. The van der Waals surface area contributed by atoms with Crippen molar-refractivity contribution in [1.29, 1.82) is 0 Å². The monoisotopic (exact) mass is 434 g/mol. The number of aromatic nitrogens is 2. The van der Waals surface area contributed by atoms with Gasteiger partial charge in [0.05, 0.1) is 28.7 Å². The highest BCUT2D eigenvalue weighted by Crippen LogP contribution is 2.33. The molecule has 0 aliphatic carbocycles. The molecule has 1 aromatic heterocycles. The van der Waals surface area contributed by atoms with Crippen molar-refractivity contribution in [1.82, 2.24) is 9.78 Å². The maximum atomic E-state index is 11.7. The smallest absolute Gasteiger partial charge is 0.330 e. The van der Waals surface area contributed by atoms with Gasteiger partial charge in [-0.2, -0.15) is 5.10 Å². The number of nitrogens with zero attached hydrogens (tertiary/aromatic N) is 2. The summed E-state index contributed by atoms with van der Waals surface area (Å²) in [6, 6.07) is 12.7. The third kappa shape index (κ3) is 4.41.